The minimum atomic E-state index is -0.515. The number of amides is 2. The second kappa shape index (κ2) is 8.22. The number of hydrogen-bond donors (Lipinski definition) is 2. The lowest BCUT2D eigenvalue weighted by Crippen LogP contribution is -2.43. The molecule has 0 aromatic heterocycles. The fourth-order valence-corrected chi connectivity index (χ4v) is 2.47. The smallest absolute Gasteiger partial charge is 0.410 e. The first-order chi connectivity index (χ1) is 10.3. The van der Waals surface area contributed by atoms with Gasteiger partial charge in [-0.2, -0.15) is 0 Å². The van der Waals surface area contributed by atoms with E-state index in [0.717, 1.165) is 6.42 Å². The molecule has 0 aromatic rings. The summed E-state index contributed by atoms with van der Waals surface area (Å²) in [5.74, 6) is 0.122. The minimum absolute atomic E-state index is 0.0866. The molecule has 7 nitrogen and oxygen atoms in total. The summed E-state index contributed by atoms with van der Waals surface area (Å²) in [6.45, 7) is 9.19. The highest BCUT2D eigenvalue weighted by Crippen LogP contribution is 2.19. The Labute approximate surface area is 132 Å². The van der Waals surface area contributed by atoms with Crippen molar-refractivity contribution >= 4 is 12.2 Å². The van der Waals surface area contributed by atoms with Crippen molar-refractivity contribution in [3.63, 3.8) is 0 Å². The standard InChI is InChI=1S/C15H29N3O4/c1-5-21-13(19)17-12-7-9-18(8-6-11(12)10-16)14(20)22-15(2,3)4/h11-12H,5-10,16H2,1-4H3,(H,17,19). The molecule has 1 heterocycles. The maximum Gasteiger partial charge on any atom is 0.410 e. The first-order valence-corrected chi connectivity index (χ1v) is 7.88. The zero-order valence-corrected chi connectivity index (χ0v) is 14.1. The van der Waals surface area contributed by atoms with E-state index in [-0.39, 0.29) is 18.1 Å². The first kappa shape index (κ1) is 18.5. The second-order valence-corrected chi connectivity index (χ2v) is 6.51. The lowest BCUT2D eigenvalue weighted by molar-refractivity contribution is 0.0255. The number of nitrogens with two attached hydrogens (primary N) is 1. The van der Waals surface area contributed by atoms with E-state index in [4.69, 9.17) is 15.2 Å². The monoisotopic (exact) mass is 315 g/mol. The van der Waals surface area contributed by atoms with Crippen molar-refractivity contribution in [1.82, 2.24) is 10.2 Å². The topological polar surface area (TPSA) is 93.9 Å². The molecule has 1 rings (SSSR count). The van der Waals surface area contributed by atoms with Crippen molar-refractivity contribution < 1.29 is 19.1 Å². The Hall–Kier alpha value is -1.50. The molecule has 0 bridgehead atoms. The van der Waals surface area contributed by atoms with Gasteiger partial charge in [-0.15, -0.1) is 0 Å². The van der Waals surface area contributed by atoms with Gasteiger partial charge in [0.2, 0.25) is 0 Å². The fourth-order valence-electron chi connectivity index (χ4n) is 2.47. The number of nitrogens with zero attached hydrogens (tertiary/aromatic N) is 1. The van der Waals surface area contributed by atoms with E-state index < -0.39 is 11.7 Å². The fraction of sp³-hybridized carbons (Fsp3) is 0.867. The quantitative estimate of drug-likeness (QED) is 0.827. The largest absolute Gasteiger partial charge is 0.450 e. The third kappa shape index (κ3) is 6.09. The number of ether oxygens (including phenoxy) is 2. The summed E-state index contributed by atoms with van der Waals surface area (Å²) in [6, 6.07) is -0.0866. The van der Waals surface area contributed by atoms with Crippen LogP contribution in [0.2, 0.25) is 0 Å². The van der Waals surface area contributed by atoms with Crippen molar-refractivity contribution in [2.24, 2.45) is 11.7 Å². The van der Waals surface area contributed by atoms with E-state index in [9.17, 15) is 9.59 Å². The van der Waals surface area contributed by atoms with Crippen LogP contribution in [0.5, 0.6) is 0 Å². The van der Waals surface area contributed by atoms with Gasteiger partial charge in [0.25, 0.3) is 0 Å². The average Bonchev–Trinajstić information content (AvgIpc) is 2.59. The van der Waals surface area contributed by atoms with Crippen LogP contribution < -0.4 is 11.1 Å². The highest BCUT2D eigenvalue weighted by molar-refractivity contribution is 5.68. The van der Waals surface area contributed by atoms with Crippen molar-refractivity contribution in [3.8, 4) is 0 Å². The highest BCUT2D eigenvalue weighted by Gasteiger charge is 2.30. The molecular formula is C15H29N3O4. The Balaban J connectivity index is 2.63. The molecule has 0 radical (unpaired) electrons. The van der Waals surface area contributed by atoms with Crippen molar-refractivity contribution in [3.05, 3.63) is 0 Å². The second-order valence-electron chi connectivity index (χ2n) is 6.51. The van der Waals surface area contributed by atoms with Gasteiger partial charge in [0, 0.05) is 19.1 Å². The average molecular weight is 315 g/mol. The van der Waals surface area contributed by atoms with Gasteiger partial charge < -0.3 is 25.4 Å². The van der Waals surface area contributed by atoms with Gasteiger partial charge in [-0.1, -0.05) is 0 Å². The molecule has 1 fully saturated rings. The summed E-state index contributed by atoms with van der Waals surface area (Å²) in [6.07, 6.45) is 0.615. The Morgan fingerprint density at radius 1 is 1.27 bits per heavy atom. The maximum atomic E-state index is 12.2. The molecule has 0 aromatic carbocycles. The van der Waals surface area contributed by atoms with Crippen LogP contribution in [0.3, 0.4) is 0 Å². The van der Waals surface area contributed by atoms with Crippen molar-refractivity contribution in [2.75, 3.05) is 26.2 Å². The Kier molecular flexibility index (Phi) is 6.93. The van der Waals surface area contributed by atoms with E-state index in [1.54, 1.807) is 11.8 Å². The van der Waals surface area contributed by atoms with Crippen LogP contribution in [0.25, 0.3) is 0 Å². The number of hydrogen-bond acceptors (Lipinski definition) is 5. The van der Waals surface area contributed by atoms with Gasteiger partial charge in [0.15, 0.2) is 0 Å². The van der Waals surface area contributed by atoms with Gasteiger partial charge in [0.05, 0.1) is 6.61 Å². The number of carbonyl (C=O) groups excluding carboxylic acids is 2. The molecule has 2 atom stereocenters. The molecular weight excluding hydrogens is 286 g/mol. The van der Waals surface area contributed by atoms with Crippen LogP contribution >= 0.6 is 0 Å². The predicted molar refractivity (Wildman–Crippen MR) is 83.5 cm³/mol. The molecule has 1 aliphatic heterocycles. The summed E-state index contributed by atoms with van der Waals surface area (Å²) in [4.78, 5) is 25.4. The van der Waals surface area contributed by atoms with E-state index in [1.165, 1.54) is 0 Å². The number of likely N-dealkylation sites (tertiary alicyclic amines) is 1. The lowest BCUT2D eigenvalue weighted by Gasteiger charge is -2.26. The molecule has 2 unspecified atom stereocenters. The number of rotatable bonds is 3. The molecule has 1 saturated heterocycles. The molecule has 128 valence electrons. The van der Waals surface area contributed by atoms with Crippen LogP contribution in [-0.4, -0.2) is 55.0 Å². The third-order valence-electron chi connectivity index (χ3n) is 3.58. The zero-order valence-electron chi connectivity index (χ0n) is 14.1. The maximum absolute atomic E-state index is 12.2. The molecule has 0 saturated carbocycles. The van der Waals surface area contributed by atoms with Gasteiger partial charge in [-0.25, -0.2) is 9.59 Å². The summed E-state index contributed by atoms with van der Waals surface area (Å²) in [5, 5.41) is 2.85. The Morgan fingerprint density at radius 3 is 2.45 bits per heavy atom. The van der Waals surface area contributed by atoms with Crippen LogP contribution in [-0.2, 0) is 9.47 Å². The summed E-state index contributed by atoms with van der Waals surface area (Å²) in [7, 11) is 0. The minimum Gasteiger partial charge on any atom is -0.450 e. The van der Waals surface area contributed by atoms with Crippen LogP contribution in [0.4, 0.5) is 9.59 Å². The normalized spacial score (nSPS) is 22.7. The van der Waals surface area contributed by atoms with E-state index >= 15 is 0 Å². The van der Waals surface area contributed by atoms with E-state index in [2.05, 4.69) is 5.32 Å². The van der Waals surface area contributed by atoms with Crippen LogP contribution in [0.1, 0.15) is 40.5 Å². The van der Waals surface area contributed by atoms with Gasteiger partial charge in [-0.05, 0) is 53.0 Å². The molecule has 2 amide bonds. The van der Waals surface area contributed by atoms with Crippen LogP contribution in [0.15, 0.2) is 0 Å². The first-order valence-electron chi connectivity index (χ1n) is 7.88. The van der Waals surface area contributed by atoms with Crippen molar-refractivity contribution in [1.29, 1.82) is 0 Å². The van der Waals surface area contributed by atoms with Gasteiger partial charge >= 0.3 is 12.2 Å². The molecule has 22 heavy (non-hydrogen) atoms. The predicted octanol–water partition coefficient (Wildman–Crippen LogP) is 1.71. The summed E-state index contributed by atoms with van der Waals surface area (Å²) < 4.78 is 10.3. The van der Waals surface area contributed by atoms with Crippen molar-refractivity contribution in [2.45, 2.75) is 52.2 Å². The number of nitrogens with one attached hydrogen (secondary N) is 1. The van der Waals surface area contributed by atoms with E-state index in [1.807, 2.05) is 20.8 Å². The molecule has 1 aliphatic rings. The number of carbonyl (C=O) groups is 2. The number of alkyl carbamates (subject to hydrolysis) is 1. The zero-order chi connectivity index (χ0) is 16.8. The Morgan fingerprint density at radius 2 is 1.91 bits per heavy atom. The Bertz CT molecular complexity index is 381. The third-order valence-corrected chi connectivity index (χ3v) is 3.58. The highest BCUT2D eigenvalue weighted by atomic mass is 16.6. The lowest BCUT2D eigenvalue weighted by atomic mass is 9.95. The van der Waals surface area contributed by atoms with Crippen LogP contribution in [0, 0.1) is 5.92 Å². The molecule has 0 spiro atoms. The van der Waals surface area contributed by atoms with E-state index in [0.29, 0.717) is 32.7 Å². The summed E-state index contributed by atoms with van der Waals surface area (Å²) in [5.41, 5.74) is 5.29. The SMILES string of the molecule is CCOC(=O)NC1CCN(C(=O)OC(C)(C)C)CCC1CN. The molecule has 7 heteroatoms. The molecule has 3 N–H and O–H groups in total. The molecule has 0 aliphatic carbocycles. The summed E-state index contributed by atoms with van der Waals surface area (Å²) >= 11 is 0. The van der Waals surface area contributed by atoms with Gasteiger partial charge in [-0.3, -0.25) is 0 Å². The van der Waals surface area contributed by atoms with Gasteiger partial charge in [0.1, 0.15) is 5.60 Å².